The van der Waals surface area contributed by atoms with Crippen molar-refractivity contribution in [3.05, 3.63) is 31.2 Å². The number of fused-ring (bicyclic) bond motifs is 1. The Balaban J connectivity index is 2.27. The fourth-order valence-electron chi connectivity index (χ4n) is 1.07. The van der Waals surface area contributed by atoms with Gasteiger partial charge in [-0.15, -0.1) is 0 Å². The van der Waals surface area contributed by atoms with Crippen LogP contribution in [0.25, 0.3) is 0 Å². The van der Waals surface area contributed by atoms with Gasteiger partial charge in [-0.05, 0) is 19.1 Å². The van der Waals surface area contributed by atoms with Crippen molar-refractivity contribution in [1.29, 1.82) is 0 Å². The van der Waals surface area contributed by atoms with E-state index in [-0.39, 0.29) is 6.29 Å². The number of para-hydroxylation sites is 2. The van der Waals surface area contributed by atoms with Gasteiger partial charge in [0.05, 0.1) is 0 Å². The molecule has 1 heterocycles. The Morgan fingerprint density at radius 3 is 2.18 bits per heavy atom. The molecule has 0 saturated carbocycles. The standard InChI is InChI=1S/C9H9O2/c1-2-9-10-7-5-3-4-6-8(7)11-9/h3-6,9H,1-2H2. The van der Waals surface area contributed by atoms with Crippen LogP contribution in [0.15, 0.2) is 24.3 Å². The van der Waals surface area contributed by atoms with Gasteiger partial charge in [-0.3, -0.25) is 0 Å². The molecular formula is C9H9O2. The monoisotopic (exact) mass is 149 g/mol. The summed E-state index contributed by atoms with van der Waals surface area (Å²) in [5, 5.41) is 0. The second-order valence-corrected chi connectivity index (χ2v) is 2.40. The number of rotatable bonds is 1. The van der Waals surface area contributed by atoms with Crippen molar-refractivity contribution >= 4 is 0 Å². The van der Waals surface area contributed by atoms with Gasteiger partial charge in [0.25, 0.3) is 0 Å². The Bertz CT molecular complexity index is 232. The minimum absolute atomic E-state index is 0.188. The second-order valence-electron chi connectivity index (χ2n) is 2.40. The summed E-state index contributed by atoms with van der Waals surface area (Å²) in [4.78, 5) is 0. The third-order valence-corrected chi connectivity index (χ3v) is 1.60. The van der Waals surface area contributed by atoms with Gasteiger partial charge in [-0.1, -0.05) is 12.1 Å². The van der Waals surface area contributed by atoms with Gasteiger partial charge < -0.3 is 9.47 Å². The van der Waals surface area contributed by atoms with E-state index in [1.165, 1.54) is 0 Å². The lowest BCUT2D eigenvalue weighted by Crippen LogP contribution is -2.15. The molecule has 0 bridgehead atoms. The van der Waals surface area contributed by atoms with E-state index in [1.54, 1.807) is 0 Å². The summed E-state index contributed by atoms with van der Waals surface area (Å²) in [6, 6.07) is 7.64. The molecule has 1 aliphatic heterocycles. The molecule has 1 aromatic rings. The first-order chi connectivity index (χ1) is 5.40. The van der Waals surface area contributed by atoms with Crippen molar-refractivity contribution < 1.29 is 9.47 Å². The zero-order chi connectivity index (χ0) is 7.68. The third-order valence-electron chi connectivity index (χ3n) is 1.60. The van der Waals surface area contributed by atoms with Crippen LogP contribution in [0, 0.1) is 6.92 Å². The van der Waals surface area contributed by atoms with Gasteiger partial charge in [0, 0.05) is 6.42 Å². The molecule has 1 aromatic carbocycles. The first-order valence-electron chi connectivity index (χ1n) is 3.62. The first-order valence-corrected chi connectivity index (χ1v) is 3.62. The van der Waals surface area contributed by atoms with E-state index in [9.17, 15) is 0 Å². The Morgan fingerprint density at radius 2 is 1.73 bits per heavy atom. The van der Waals surface area contributed by atoms with Crippen LogP contribution in [0.4, 0.5) is 0 Å². The summed E-state index contributed by atoms with van der Waals surface area (Å²) in [6.07, 6.45) is 0.446. The number of ether oxygens (including phenoxy) is 2. The van der Waals surface area contributed by atoms with Crippen LogP contribution in [-0.2, 0) is 0 Å². The maximum absolute atomic E-state index is 5.37. The maximum atomic E-state index is 5.37. The smallest absolute Gasteiger partial charge is 0.241 e. The zero-order valence-corrected chi connectivity index (χ0v) is 6.12. The van der Waals surface area contributed by atoms with Crippen LogP contribution in [-0.4, -0.2) is 6.29 Å². The highest BCUT2D eigenvalue weighted by atomic mass is 16.7. The lowest BCUT2D eigenvalue weighted by atomic mass is 10.3. The van der Waals surface area contributed by atoms with Crippen LogP contribution in [0.1, 0.15) is 6.42 Å². The van der Waals surface area contributed by atoms with Gasteiger partial charge in [-0.2, -0.15) is 0 Å². The predicted octanol–water partition coefficient (Wildman–Crippen LogP) is 2.01. The van der Waals surface area contributed by atoms with E-state index in [0.717, 1.165) is 11.5 Å². The van der Waals surface area contributed by atoms with E-state index < -0.39 is 0 Å². The molecule has 2 rings (SSSR count). The summed E-state index contributed by atoms with van der Waals surface area (Å²) in [5.74, 6) is 1.64. The summed E-state index contributed by atoms with van der Waals surface area (Å²) in [7, 11) is 0. The third kappa shape index (κ3) is 1.04. The number of hydrogen-bond acceptors (Lipinski definition) is 2. The second kappa shape index (κ2) is 2.46. The molecule has 0 spiro atoms. The van der Waals surface area contributed by atoms with Crippen molar-refractivity contribution in [2.45, 2.75) is 12.7 Å². The summed E-state index contributed by atoms with van der Waals surface area (Å²) in [5.41, 5.74) is 0. The lowest BCUT2D eigenvalue weighted by molar-refractivity contribution is 0.0521. The molecule has 0 aliphatic carbocycles. The molecule has 0 atom stereocenters. The normalized spacial score (nSPS) is 15.4. The Labute approximate surface area is 65.7 Å². The van der Waals surface area contributed by atoms with Crippen LogP contribution >= 0.6 is 0 Å². The average molecular weight is 149 g/mol. The van der Waals surface area contributed by atoms with Gasteiger partial charge in [0.15, 0.2) is 11.5 Å². The van der Waals surface area contributed by atoms with Crippen molar-refractivity contribution in [3.63, 3.8) is 0 Å². The Hall–Kier alpha value is -1.18. The maximum Gasteiger partial charge on any atom is 0.241 e. The highest BCUT2D eigenvalue weighted by molar-refractivity contribution is 5.41. The Kier molecular flexibility index (Phi) is 1.46. The molecule has 0 fully saturated rings. The summed E-state index contributed by atoms with van der Waals surface area (Å²) < 4.78 is 10.7. The zero-order valence-electron chi connectivity index (χ0n) is 6.12. The van der Waals surface area contributed by atoms with Crippen LogP contribution < -0.4 is 9.47 Å². The van der Waals surface area contributed by atoms with Gasteiger partial charge in [0.2, 0.25) is 6.29 Å². The minimum Gasteiger partial charge on any atom is -0.451 e. The van der Waals surface area contributed by atoms with E-state index in [1.807, 2.05) is 24.3 Å². The molecule has 0 saturated heterocycles. The topological polar surface area (TPSA) is 18.5 Å². The molecule has 1 aliphatic rings. The lowest BCUT2D eigenvalue weighted by Gasteiger charge is -2.04. The van der Waals surface area contributed by atoms with Crippen molar-refractivity contribution in [2.75, 3.05) is 0 Å². The molecule has 2 nitrogen and oxygen atoms in total. The molecule has 0 unspecified atom stereocenters. The summed E-state index contributed by atoms with van der Waals surface area (Å²) in [6.45, 7) is 3.70. The number of hydrogen-bond donors (Lipinski definition) is 0. The van der Waals surface area contributed by atoms with E-state index in [0.29, 0.717) is 6.42 Å². The number of benzene rings is 1. The van der Waals surface area contributed by atoms with Crippen molar-refractivity contribution in [3.8, 4) is 11.5 Å². The first kappa shape index (κ1) is 6.53. The van der Waals surface area contributed by atoms with Gasteiger partial charge in [0.1, 0.15) is 0 Å². The summed E-state index contributed by atoms with van der Waals surface area (Å²) >= 11 is 0. The quantitative estimate of drug-likeness (QED) is 0.608. The minimum atomic E-state index is -0.188. The molecule has 1 radical (unpaired) electrons. The van der Waals surface area contributed by atoms with Crippen molar-refractivity contribution in [2.24, 2.45) is 0 Å². The van der Waals surface area contributed by atoms with Gasteiger partial charge in [-0.25, -0.2) is 0 Å². The van der Waals surface area contributed by atoms with E-state index in [2.05, 4.69) is 6.92 Å². The fraction of sp³-hybridized carbons (Fsp3) is 0.222. The highest BCUT2D eigenvalue weighted by Crippen LogP contribution is 2.34. The Morgan fingerprint density at radius 1 is 1.18 bits per heavy atom. The van der Waals surface area contributed by atoms with Gasteiger partial charge >= 0.3 is 0 Å². The predicted molar refractivity (Wildman–Crippen MR) is 41.5 cm³/mol. The highest BCUT2D eigenvalue weighted by Gasteiger charge is 2.20. The molecule has 11 heavy (non-hydrogen) atoms. The van der Waals surface area contributed by atoms with Crippen LogP contribution in [0.2, 0.25) is 0 Å². The molecule has 0 N–H and O–H groups in total. The van der Waals surface area contributed by atoms with Crippen molar-refractivity contribution in [1.82, 2.24) is 0 Å². The fourth-order valence-corrected chi connectivity index (χ4v) is 1.07. The average Bonchev–Trinajstić information content (AvgIpc) is 2.46. The SMILES string of the molecule is [CH2]CC1Oc2ccccc2O1. The van der Waals surface area contributed by atoms with E-state index >= 15 is 0 Å². The molecule has 57 valence electrons. The molecule has 2 heteroatoms. The van der Waals surface area contributed by atoms with Crippen LogP contribution in [0.5, 0.6) is 11.5 Å². The van der Waals surface area contributed by atoms with E-state index in [4.69, 9.17) is 9.47 Å². The molecule has 0 amide bonds. The largest absolute Gasteiger partial charge is 0.451 e. The molecule has 0 aromatic heterocycles. The molecular weight excluding hydrogens is 140 g/mol. The van der Waals surface area contributed by atoms with Crippen LogP contribution in [0.3, 0.4) is 0 Å².